The zero-order valence-corrected chi connectivity index (χ0v) is 14.5. The van der Waals surface area contributed by atoms with Crippen LogP contribution in [0.3, 0.4) is 0 Å². The number of rotatable bonds is 1. The van der Waals surface area contributed by atoms with Gasteiger partial charge in [-0.15, -0.1) is 0 Å². The molecule has 4 heteroatoms. The summed E-state index contributed by atoms with van der Waals surface area (Å²) in [5.41, 5.74) is -1.09. The molecule has 0 aromatic heterocycles. The van der Waals surface area contributed by atoms with Crippen molar-refractivity contribution in [1.29, 1.82) is 0 Å². The Bertz CT molecular complexity index is 644. The van der Waals surface area contributed by atoms with Crippen molar-refractivity contribution in [2.45, 2.75) is 57.5 Å². The summed E-state index contributed by atoms with van der Waals surface area (Å²) in [5.74, 6) is 0.445. The predicted octanol–water partition coefficient (Wildman–Crippen LogP) is 2.44. The Morgan fingerprint density at radius 3 is 2.88 bits per heavy atom. The molecule has 5 fully saturated rings. The molecule has 4 aliphatic carbocycles. The maximum absolute atomic E-state index is 12.7. The molecular formula is C20H28O4. The third kappa shape index (κ3) is 1.33. The van der Waals surface area contributed by atoms with Crippen LogP contribution < -0.4 is 0 Å². The number of carbonyl (C=O) groups excluding carboxylic acids is 1. The van der Waals surface area contributed by atoms with Crippen LogP contribution in [0.1, 0.15) is 51.9 Å². The van der Waals surface area contributed by atoms with E-state index in [4.69, 9.17) is 4.74 Å². The SMILES string of the molecule is C=C1C[C@]23C[C@H]1CC[C@H]2[C@@]12CCC[C@](C)(C(=O)OC1)[C@H]2[C@@]3(O)CO. The molecule has 4 bridgehead atoms. The summed E-state index contributed by atoms with van der Waals surface area (Å²) in [5, 5.41) is 22.4. The Morgan fingerprint density at radius 1 is 1.33 bits per heavy atom. The average Bonchev–Trinajstić information content (AvgIpc) is 2.93. The summed E-state index contributed by atoms with van der Waals surface area (Å²) in [7, 11) is 0. The van der Waals surface area contributed by atoms with Gasteiger partial charge >= 0.3 is 5.97 Å². The van der Waals surface area contributed by atoms with Gasteiger partial charge in [-0.25, -0.2) is 0 Å². The van der Waals surface area contributed by atoms with Crippen LogP contribution in [0.5, 0.6) is 0 Å². The zero-order chi connectivity index (χ0) is 17.0. The Kier molecular flexibility index (Phi) is 2.74. The second-order valence-electron chi connectivity index (χ2n) is 9.62. The first kappa shape index (κ1) is 15.4. The molecule has 5 rings (SSSR count). The molecule has 132 valence electrons. The minimum Gasteiger partial charge on any atom is -0.465 e. The number of fused-ring (bicyclic) bond motifs is 1. The molecule has 0 aromatic rings. The predicted molar refractivity (Wildman–Crippen MR) is 87.9 cm³/mol. The van der Waals surface area contributed by atoms with Crippen LogP contribution in [-0.2, 0) is 9.53 Å². The third-order valence-corrected chi connectivity index (χ3v) is 8.96. The van der Waals surface area contributed by atoms with Gasteiger partial charge in [0, 0.05) is 16.7 Å². The standard InChI is InChI=1S/C20H28O4/c1-12-8-19-9-13(12)4-5-14(19)18-7-3-6-17(2,16(22)24-11-18)15(18)20(19,23)10-21/h13-15,21,23H,1,3-11H2,2H3/t13-,14+,15-,17+,18-,19+,20+/m1/s1. The van der Waals surface area contributed by atoms with E-state index in [1.165, 1.54) is 5.57 Å². The summed E-state index contributed by atoms with van der Waals surface area (Å²) in [4.78, 5) is 12.7. The number of hydrogen-bond donors (Lipinski definition) is 2. The zero-order valence-electron chi connectivity index (χ0n) is 14.5. The molecule has 4 saturated carbocycles. The molecule has 0 unspecified atom stereocenters. The number of carbonyl (C=O) groups is 1. The minimum absolute atomic E-state index is 0.159. The summed E-state index contributed by atoms with van der Waals surface area (Å²) in [6, 6.07) is 0. The van der Waals surface area contributed by atoms with Gasteiger partial charge in [0.2, 0.25) is 0 Å². The van der Waals surface area contributed by atoms with Crippen LogP contribution in [0.25, 0.3) is 0 Å². The number of aliphatic hydroxyl groups excluding tert-OH is 1. The van der Waals surface area contributed by atoms with Crippen LogP contribution in [0, 0.1) is 34.0 Å². The summed E-state index contributed by atoms with van der Waals surface area (Å²) >= 11 is 0. The first-order chi connectivity index (χ1) is 11.3. The van der Waals surface area contributed by atoms with Crippen LogP contribution >= 0.6 is 0 Å². The van der Waals surface area contributed by atoms with Crippen molar-refractivity contribution in [2.75, 3.05) is 13.2 Å². The lowest BCUT2D eigenvalue weighted by Gasteiger charge is -2.56. The second kappa shape index (κ2) is 4.27. The van der Waals surface area contributed by atoms with Gasteiger partial charge in [0.05, 0.1) is 24.2 Å². The fourth-order valence-corrected chi connectivity index (χ4v) is 8.35. The number of hydrogen-bond acceptors (Lipinski definition) is 4. The van der Waals surface area contributed by atoms with Crippen molar-refractivity contribution in [3.05, 3.63) is 12.2 Å². The quantitative estimate of drug-likeness (QED) is 0.572. The largest absolute Gasteiger partial charge is 0.465 e. The monoisotopic (exact) mass is 332 g/mol. The average molecular weight is 332 g/mol. The van der Waals surface area contributed by atoms with E-state index < -0.39 is 11.0 Å². The molecular weight excluding hydrogens is 304 g/mol. The molecule has 1 heterocycles. The second-order valence-corrected chi connectivity index (χ2v) is 9.62. The molecule has 1 saturated heterocycles. The normalized spacial score (nSPS) is 58.2. The van der Waals surface area contributed by atoms with E-state index in [2.05, 4.69) is 6.58 Å². The van der Waals surface area contributed by atoms with Crippen LogP contribution in [0.4, 0.5) is 0 Å². The van der Waals surface area contributed by atoms with Crippen molar-refractivity contribution >= 4 is 5.97 Å². The number of cyclic esters (lactones) is 1. The molecule has 0 aromatic carbocycles. The first-order valence-corrected chi connectivity index (χ1v) is 9.52. The van der Waals surface area contributed by atoms with Gasteiger partial charge < -0.3 is 14.9 Å². The Labute approximate surface area is 143 Å². The molecule has 7 atom stereocenters. The smallest absolute Gasteiger partial charge is 0.312 e. The molecule has 0 amide bonds. The molecule has 1 aliphatic heterocycles. The van der Waals surface area contributed by atoms with Gasteiger partial charge in [0.1, 0.15) is 0 Å². The van der Waals surface area contributed by atoms with E-state index in [1.807, 2.05) is 6.92 Å². The van der Waals surface area contributed by atoms with Gasteiger partial charge in [-0.2, -0.15) is 0 Å². The number of ether oxygens (including phenoxy) is 1. The van der Waals surface area contributed by atoms with Crippen LogP contribution in [-0.4, -0.2) is 35.0 Å². The Balaban J connectivity index is 1.77. The van der Waals surface area contributed by atoms with E-state index >= 15 is 0 Å². The number of aliphatic hydroxyl groups is 2. The van der Waals surface area contributed by atoms with Crippen LogP contribution in [0.15, 0.2) is 12.2 Å². The van der Waals surface area contributed by atoms with Crippen molar-refractivity contribution in [3.63, 3.8) is 0 Å². The Morgan fingerprint density at radius 2 is 2.12 bits per heavy atom. The van der Waals surface area contributed by atoms with Crippen molar-refractivity contribution in [2.24, 2.45) is 34.0 Å². The number of allylic oxidation sites excluding steroid dienone is 1. The molecule has 2 N–H and O–H groups in total. The molecule has 1 spiro atoms. The number of esters is 1. The van der Waals surface area contributed by atoms with E-state index in [0.717, 1.165) is 44.9 Å². The molecule has 5 aliphatic rings. The summed E-state index contributed by atoms with van der Waals surface area (Å²) in [6.07, 6.45) is 6.71. The first-order valence-electron chi connectivity index (χ1n) is 9.52. The topological polar surface area (TPSA) is 66.8 Å². The lowest BCUT2D eigenvalue weighted by molar-refractivity contribution is -0.221. The highest BCUT2D eigenvalue weighted by molar-refractivity contribution is 5.79. The highest BCUT2D eigenvalue weighted by Gasteiger charge is 2.82. The Hall–Kier alpha value is -0.870. The van der Waals surface area contributed by atoms with Crippen LogP contribution in [0.2, 0.25) is 0 Å². The minimum atomic E-state index is -1.19. The van der Waals surface area contributed by atoms with Crippen molar-refractivity contribution < 1.29 is 19.7 Å². The molecule has 24 heavy (non-hydrogen) atoms. The maximum atomic E-state index is 12.7. The fraction of sp³-hybridized carbons (Fsp3) is 0.850. The van der Waals surface area contributed by atoms with Gasteiger partial charge in [-0.05, 0) is 57.3 Å². The van der Waals surface area contributed by atoms with E-state index in [0.29, 0.717) is 18.4 Å². The van der Waals surface area contributed by atoms with Crippen molar-refractivity contribution in [3.8, 4) is 0 Å². The van der Waals surface area contributed by atoms with Gasteiger partial charge in [0.25, 0.3) is 0 Å². The highest BCUT2D eigenvalue weighted by Crippen LogP contribution is 2.79. The van der Waals surface area contributed by atoms with E-state index in [-0.39, 0.29) is 29.3 Å². The van der Waals surface area contributed by atoms with Gasteiger partial charge in [-0.1, -0.05) is 18.6 Å². The van der Waals surface area contributed by atoms with Crippen molar-refractivity contribution in [1.82, 2.24) is 0 Å². The summed E-state index contributed by atoms with van der Waals surface area (Å²) in [6.45, 7) is 6.45. The highest BCUT2D eigenvalue weighted by atomic mass is 16.5. The molecule has 4 nitrogen and oxygen atoms in total. The van der Waals surface area contributed by atoms with E-state index in [1.54, 1.807) is 0 Å². The van der Waals surface area contributed by atoms with Gasteiger partial charge in [-0.3, -0.25) is 4.79 Å². The fourth-order valence-electron chi connectivity index (χ4n) is 8.35. The van der Waals surface area contributed by atoms with E-state index in [9.17, 15) is 15.0 Å². The van der Waals surface area contributed by atoms with Gasteiger partial charge in [0.15, 0.2) is 0 Å². The lowest BCUT2D eigenvalue weighted by Crippen LogP contribution is -2.63. The summed E-state index contributed by atoms with van der Waals surface area (Å²) < 4.78 is 5.72. The third-order valence-electron chi connectivity index (χ3n) is 8.96. The molecule has 0 radical (unpaired) electrons. The lowest BCUT2D eigenvalue weighted by atomic mass is 9.51. The maximum Gasteiger partial charge on any atom is 0.312 e.